The third kappa shape index (κ3) is 10.2. The number of pyridine rings is 1. The lowest BCUT2D eigenvalue weighted by Crippen LogP contribution is -2.42. The number of hydrogen-bond acceptors (Lipinski definition) is 7. The van der Waals surface area contributed by atoms with E-state index in [1.165, 1.54) is 4.31 Å². The van der Waals surface area contributed by atoms with Crippen LogP contribution < -0.4 is 4.90 Å². The van der Waals surface area contributed by atoms with Gasteiger partial charge >= 0.3 is 12.1 Å². The Bertz CT molecular complexity index is 1530. The fourth-order valence-electron chi connectivity index (χ4n) is 4.23. The van der Waals surface area contributed by atoms with Gasteiger partial charge in [-0.15, -0.1) is 0 Å². The van der Waals surface area contributed by atoms with Gasteiger partial charge in [0.05, 0.1) is 17.1 Å². The number of esters is 1. The zero-order valence-electron chi connectivity index (χ0n) is 27.2. The maximum Gasteiger partial charge on any atom is 0.416 e. The second-order valence-electron chi connectivity index (χ2n) is 13.7. The SMILES string of the molecule is CC(C)(C)OC(=O)CN(C(=O)OC(C)(C)C)c1cccc(CN(Cc2ccc(C(C)(C)C)cc2)S(=O)(=O)c2ccccc2)n1. The molecular formula is C34H45N3O6S. The Kier molecular flexibility index (Phi) is 10.6. The van der Waals surface area contributed by atoms with Crippen molar-refractivity contribution in [3.05, 3.63) is 89.6 Å². The molecule has 238 valence electrons. The Morgan fingerprint density at radius 1 is 0.727 bits per heavy atom. The Morgan fingerprint density at radius 3 is 1.86 bits per heavy atom. The average Bonchev–Trinajstić information content (AvgIpc) is 2.90. The molecule has 0 aliphatic heterocycles. The summed E-state index contributed by atoms with van der Waals surface area (Å²) in [6, 6.07) is 21.0. The molecule has 9 nitrogen and oxygen atoms in total. The van der Waals surface area contributed by atoms with E-state index in [4.69, 9.17) is 9.47 Å². The number of aromatic nitrogens is 1. The Labute approximate surface area is 262 Å². The molecular weight excluding hydrogens is 578 g/mol. The lowest BCUT2D eigenvalue weighted by Gasteiger charge is -2.28. The first kappa shape index (κ1) is 34.7. The van der Waals surface area contributed by atoms with Crippen molar-refractivity contribution < 1.29 is 27.5 Å². The number of hydrogen-bond donors (Lipinski definition) is 0. The van der Waals surface area contributed by atoms with Crippen molar-refractivity contribution in [1.82, 2.24) is 9.29 Å². The van der Waals surface area contributed by atoms with Crippen molar-refractivity contribution in [2.24, 2.45) is 0 Å². The molecule has 3 rings (SSSR count). The number of amides is 1. The quantitative estimate of drug-likeness (QED) is 0.240. The molecule has 0 saturated heterocycles. The van der Waals surface area contributed by atoms with Gasteiger partial charge in [0.1, 0.15) is 23.6 Å². The van der Waals surface area contributed by atoms with E-state index < -0.39 is 39.8 Å². The summed E-state index contributed by atoms with van der Waals surface area (Å²) in [5.41, 5.74) is 0.700. The monoisotopic (exact) mass is 623 g/mol. The first-order valence-electron chi connectivity index (χ1n) is 14.6. The van der Waals surface area contributed by atoms with Crippen LogP contribution in [-0.2, 0) is 42.8 Å². The third-order valence-electron chi connectivity index (χ3n) is 6.29. The van der Waals surface area contributed by atoms with E-state index in [-0.39, 0.29) is 29.2 Å². The minimum Gasteiger partial charge on any atom is -0.459 e. The lowest BCUT2D eigenvalue weighted by molar-refractivity contribution is -0.153. The summed E-state index contributed by atoms with van der Waals surface area (Å²) in [5.74, 6) is -0.503. The summed E-state index contributed by atoms with van der Waals surface area (Å²) in [6.45, 7) is 16.3. The predicted octanol–water partition coefficient (Wildman–Crippen LogP) is 6.85. The zero-order valence-corrected chi connectivity index (χ0v) is 28.1. The van der Waals surface area contributed by atoms with Gasteiger partial charge in [-0.3, -0.25) is 9.69 Å². The normalized spacial score (nSPS) is 12.6. The van der Waals surface area contributed by atoms with Crippen molar-refractivity contribution in [2.75, 3.05) is 11.4 Å². The van der Waals surface area contributed by atoms with Crippen LogP contribution >= 0.6 is 0 Å². The van der Waals surface area contributed by atoms with E-state index in [1.54, 1.807) is 90.1 Å². The highest BCUT2D eigenvalue weighted by molar-refractivity contribution is 7.89. The molecule has 0 saturated carbocycles. The summed E-state index contributed by atoms with van der Waals surface area (Å²) in [6.07, 6.45) is -0.777. The van der Waals surface area contributed by atoms with Crippen molar-refractivity contribution in [1.29, 1.82) is 0 Å². The van der Waals surface area contributed by atoms with E-state index in [0.717, 1.165) is 16.0 Å². The molecule has 1 heterocycles. The maximum atomic E-state index is 13.9. The van der Waals surface area contributed by atoms with E-state index >= 15 is 0 Å². The minimum atomic E-state index is -3.93. The van der Waals surface area contributed by atoms with Crippen molar-refractivity contribution >= 4 is 27.9 Å². The second-order valence-corrected chi connectivity index (χ2v) is 15.6. The lowest BCUT2D eigenvalue weighted by atomic mass is 9.87. The third-order valence-corrected chi connectivity index (χ3v) is 8.09. The highest BCUT2D eigenvalue weighted by atomic mass is 32.2. The van der Waals surface area contributed by atoms with Crippen LogP contribution in [-0.4, -0.2) is 47.5 Å². The number of anilines is 1. The molecule has 0 spiro atoms. The fraction of sp³-hybridized carbons (Fsp3) is 0.441. The first-order chi connectivity index (χ1) is 20.2. The number of benzene rings is 2. The first-order valence-corrected chi connectivity index (χ1v) is 16.0. The van der Waals surface area contributed by atoms with Gasteiger partial charge in [-0.2, -0.15) is 4.31 Å². The molecule has 44 heavy (non-hydrogen) atoms. The van der Waals surface area contributed by atoms with Crippen LogP contribution in [0.25, 0.3) is 0 Å². The van der Waals surface area contributed by atoms with E-state index in [1.807, 2.05) is 24.3 Å². The summed E-state index contributed by atoms with van der Waals surface area (Å²) in [5, 5.41) is 0. The van der Waals surface area contributed by atoms with E-state index in [9.17, 15) is 18.0 Å². The molecule has 0 aliphatic carbocycles. The summed E-state index contributed by atoms with van der Waals surface area (Å²) >= 11 is 0. The predicted molar refractivity (Wildman–Crippen MR) is 172 cm³/mol. The van der Waals surface area contributed by atoms with Crippen molar-refractivity contribution in [3.63, 3.8) is 0 Å². The number of ether oxygens (including phenoxy) is 2. The van der Waals surface area contributed by atoms with E-state index in [0.29, 0.717) is 5.69 Å². The molecule has 0 atom stereocenters. The highest BCUT2D eigenvalue weighted by Gasteiger charge is 2.30. The topological polar surface area (TPSA) is 106 Å². The summed E-state index contributed by atoms with van der Waals surface area (Å²) < 4.78 is 40.1. The number of sulfonamides is 1. The van der Waals surface area contributed by atoms with Gasteiger partial charge in [0.15, 0.2) is 0 Å². The van der Waals surface area contributed by atoms with Crippen molar-refractivity contribution in [3.8, 4) is 0 Å². The number of nitrogens with zero attached hydrogens (tertiary/aromatic N) is 3. The molecule has 0 aliphatic rings. The Morgan fingerprint density at radius 2 is 1.32 bits per heavy atom. The average molecular weight is 624 g/mol. The smallest absolute Gasteiger partial charge is 0.416 e. The molecule has 1 amide bonds. The Balaban J connectivity index is 2.00. The van der Waals surface area contributed by atoms with Gasteiger partial charge in [-0.25, -0.2) is 18.2 Å². The van der Waals surface area contributed by atoms with Crippen LogP contribution in [0.15, 0.2) is 77.7 Å². The van der Waals surface area contributed by atoms with E-state index in [2.05, 4.69) is 25.8 Å². The molecule has 1 aromatic heterocycles. The van der Waals surface area contributed by atoms with Crippen LogP contribution in [0.2, 0.25) is 0 Å². The van der Waals surface area contributed by atoms with Crippen LogP contribution in [0, 0.1) is 0 Å². The number of carbonyl (C=O) groups is 2. The van der Waals surface area contributed by atoms with Gasteiger partial charge in [0.25, 0.3) is 0 Å². The van der Waals surface area contributed by atoms with Crippen LogP contribution in [0.3, 0.4) is 0 Å². The largest absolute Gasteiger partial charge is 0.459 e. The van der Waals surface area contributed by atoms with Crippen molar-refractivity contribution in [2.45, 2.75) is 96.9 Å². The standard InChI is InChI=1S/C34H45N3O6S/c1-32(2,3)26-20-18-25(19-21-26)22-36(44(40,41)28-15-11-10-12-16-28)23-27-14-13-17-29(35-27)37(31(39)43-34(7,8)9)24-30(38)42-33(4,5)6/h10-21H,22-24H2,1-9H3. The van der Waals surface area contributed by atoms with Crippen LogP contribution in [0.1, 0.15) is 79.1 Å². The number of rotatable bonds is 9. The number of carbonyl (C=O) groups excluding carboxylic acids is 2. The van der Waals surface area contributed by atoms with Crippen LogP contribution in [0.5, 0.6) is 0 Å². The molecule has 0 bridgehead atoms. The molecule has 10 heteroatoms. The zero-order chi connectivity index (χ0) is 32.9. The molecule has 3 aromatic rings. The molecule has 0 radical (unpaired) electrons. The van der Waals surface area contributed by atoms with Gasteiger partial charge in [-0.1, -0.05) is 69.3 Å². The van der Waals surface area contributed by atoms with Gasteiger partial charge in [0, 0.05) is 6.54 Å². The molecule has 0 fully saturated rings. The van der Waals surface area contributed by atoms with Gasteiger partial charge in [-0.05, 0) is 82.3 Å². The summed E-state index contributed by atoms with van der Waals surface area (Å²) in [4.78, 5) is 31.9. The fourth-order valence-corrected chi connectivity index (χ4v) is 5.65. The van der Waals surface area contributed by atoms with Crippen LogP contribution in [0.4, 0.5) is 10.6 Å². The molecule has 0 unspecified atom stereocenters. The Hall–Kier alpha value is -3.76. The minimum absolute atomic E-state index is 0.0436. The second kappa shape index (κ2) is 13.5. The van der Waals surface area contributed by atoms with Gasteiger partial charge in [0.2, 0.25) is 10.0 Å². The summed E-state index contributed by atoms with van der Waals surface area (Å²) in [7, 11) is -3.93. The maximum absolute atomic E-state index is 13.9. The molecule has 0 N–H and O–H groups in total. The molecule has 2 aromatic carbocycles. The van der Waals surface area contributed by atoms with Gasteiger partial charge < -0.3 is 9.47 Å². The highest BCUT2D eigenvalue weighted by Crippen LogP contribution is 2.26.